The van der Waals surface area contributed by atoms with Gasteiger partial charge in [0.25, 0.3) is 0 Å². The number of halogens is 8. The average molecular weight is 415 g/mol. The minimum atomic E-state index is -9.84. The van der Waals surface area contributed by atoms with E-state index >= 15 is 0 Å². The third-order valence-electron chi connectivity index (χ3n) is 2.95. The Labute approximate surface area is 142 Å². The second-order valence-corrected chi connectivity index (χ2v) is 7.53. The van der Waals surface area contributed by atoms with Gasteiger partial charge >= 0.3 is 28.3 Å². The summed E-state index contributed by atoms with van der Waals surface area (Å²) in [5.74, 6) is -3.25. The molecule has 0 unspecified atom stereocenters. The molecule has 0 fully saturated rings. The van der Waals surface area contributed by atoms with Crippen molar-refractivity contribution in [1.29, 1.82) is 0 Å². The van der Waals surface area contributed by atoms with Crippen LogP contribution in [0, 0.1) is 0 Å². The zero-order valence-electron chi connectivity index (χ0n) is 13.0. The largest absolute Gasteiger partial charge is 0.449 e. The van der Waals surface area contributed by atoms with Crippen LogP contribution in [0.1, 0.15) is 12.5 Å². The van der Waals surface area contributed by atoms with Gasteiger partial charge in [0.2, 0.25) is 0 Å². The minimum Gasteiger partial charge on any atom is -0.449 e. The number of likely N-dealkylation sites (N-methyl/N-ethyl adjacent to an activating group) is 1. The van der Waals surface area contributed by atoms with Crippen LogP contribution >= 0.6 is 10.2 Å². The van der Waals surface area contributed by atoms with Crippen molar-refractivity contribution in [2.45, 2.75) is 24.5 Å². The van der Waals surface area contributed by atoms with Crippen LogP contribution in [-0.2, 0) is 20.9 Å². The van der Waals surface area contributed by atoms with Crippen molar-refractivity contribution in [3.05, 3.63) is 29.8 Å². The van der Waals surface area contributed by atoms with Gasteiger partial charge in [-0.3, -0.25) is 4.79 Å². The first-order valence-corrected chi connectivity index (χ1v) is 8.74. The summed E-state index contributed by atoms with van der Waals surface area (Å²) in [6.07, 6.45) is -4.84. The minimum absolute atomic E-state index is 0.0468. The fourth-order valence-corrected chi connectivity index (χ4v) is 2.39. The lowest BCUT2D eigenvalue weighted by atomic mass is 10.2. The molecule has 26 heavy (non-hydrogen) atoms. The van der Waals surface area contributed by atoms with E-state index in [0.717, 1.165) is 0 Å². The first kappa shape index (κ1) is 22.0. The van der Waals surface area contributed by atoms with Crippen LogP contribution in [-0.4, -0.2) is 36.1 Å². The van der Waals surface area contributed by atoms with E-state index in [4.69, 9.17) is 0 Å². The van der Waals surface area contributed by atoms with Gasteiger partial charge in [-0.25, -0.2) is 4.79 Å². The van der Waals surface area contributed by atoms with Crippen LogP contribution in [0.5, 0.6) is 0 Å². The van der Waals surface area contributed by atoms with Gasteiger partial charge in [0.1, 0.15) is 4.90 Å². The summed E-state index contributed by atoms with van der Waals surface area (Å²) in [5.41, 5.74) is -0.0468. The van der Waals surface area contributed by atoms with Crippen molar-refractivity contribution in [2.75, 3.05) is 13.2 Å². The maximum Gasteiger partial charge on any atom is 0.422 e. The van der Waals surface area contributed by atoms with Crippen LogP contribution in [0.2, 0.25) is 0 Å². The summed E-state index contributed by atoms with van der Waals surface area (Å²) >= 11 is 0. The highest BCUT2D eigenvalue weighted by Gasteiger charge is 2.65. The van der Waals surface area contributed by atoms with E-state index in [-0.39, 0.29) is 24.2 Å². The number of carbonyl (C=O) groups excluding carboxylic acids is 2. The van der Waals surface area contributed by atoms with Gasteiger partial charge in [-0.2, -0.15) is 13.2 Å². The quantitative estimate of drug-likeness (QED) is 0.394. The molecule has 0 aliphatic carbocycles. The van der Waals surface area contributed by atoms with Gasteiger partial charge in [0.05, 0.1) is 0 Å². The van der Waals surface area contributed by atoms with Crippen LogP contribution in [0.4, 0.5) is 32.6 Å². The molecule has 0 atom stereocenters. The van der Waals surface area contributed by atoms with Crippen LogP contribution in [0.25, 0.3) is 0 Å². The molecule has 0 aliphatic heterocycles. The van der Waals surface area contributed by atoms with Gasteiger partial charge in [0, 0.05) is 13.1 Å². The Morgan fingerprint density at radius 2 is 1.54 bits per heavy atom. The molecule has 1 aromatic rings. The van der Waals surface area contributed by atoms with Crippen molar-refractivity contribution < 1.29 is 46.9 Å². The van der Waals surface area contributed by atoms with Gasteiger partial charge < -0.3 is 9.64 Å². The maximum atomic E-state index is 12.6. The Kier molecular flexibility index (Phi) is 5.31. The molecule has 0 saturated heterocycles. The first-order valence-electron chi connectivity index (χ1n) is 6.79. The molecule has 4 nitrogen and oxygen atoms in total. The lowest BCUT2D eigenvalue weighted by Gasteiger charge is -2.40. The van der Waals surface area contributed by atoms with Gasteiger partial charge in [0.15, 0.2) is 6.61 Å². The smallest absolute Gasteiger partial charge is 0.422 e. The third kappa shape index (κ3) is 6.69. The molecule has 13 heteroatoms. The van der Waals surface area contributed by atoms with E-state index in [1.54, 1.807) is 0 Å². The summed E-state index contributed by atoms with van der Waals surface area (Å²) < 4.78 is 103. The molecule has 150 valence electrons. The summed E-state index contributed by atoms with van der Waals surface area (Å²) in [5, 5.41) is 0. The number of ether oxygens (including phenoxy) is 1. The SMILES string of the molecule is CCN(Cc1ccc(S(F)(F)(F)(F)F)cc1)C(=O)C(=O)OCC(F)(F)F. The lowest BCUT2D eigenvalue weighted by Crippen LogP contribution is -2.38. The van der Waals surface area contributed by atoms with E-state index < -0.39 is 46.3 Å². The fraction of sp³-hybridized carbons (Fsp3) is 0.385. The van der Waals surface area contributed by atoms with E-state index in [0.29, 0.717) is 17.0 Å². The number of rotatable bonds is 5. The summed E-state index contributed by atoms with van der Waals surface area (Å²) in [4.78, 5) is 21.6. The molecule has 1 aromatic carbocycles. The van der Waals surface area contributed by atoms with E-state index in [1.807, 2.05) is 0 Å². The number of nitrogens with zero attached hydrogens (tertiary/aromatic N) is 1. The molecule has 0 spiro atoms. The second kappa shape index (κ2) is 6.28. The summed E-state index contributed by atoms with van der Waals surface area (Å²) in [7, 11) is -9.84. The zero-order chi connectivity index (χ0) is 20.5. The highest BCUT2D eigenvalue weighted by Crippen LogP contribution is 3.02. The standard InChI is InChI=1S/C13H13F8NO3S/c1-2-22(11(23)12(24)25-8-13(14,15)16)7-9-3-5-10(6-4-9)26(17,18,19,20)21/h3-6H,2,7-8H2,1H3. The number of amides is 1. The predicted octanol–water partition coefficient (Wildman–Crippen LogP) is 4.80. The molecule has 1 amide bonds. The van der Waals surface area contributed by atoms with Gasteiger partial charge in [-0.15, -0.1) is 0 Å². The highest BCUT2D eigenvalue weighted by atomic mass is 32.5. The average Bonchev–Trinajstić information content (AvgIpc) is 2.47. The Morgan fingerprint density at radius 1 is 1.04 bits per heavy atom. The van der Waals surface area contributed by atoms with E-state index in [2.05, 4.69) is 4.74 Å². The van der Waals surface area contributed by atoms with Gasteiger partial charge in [-0.1, -0.05) is 31.6 Å². The Hall–Kier alpha value is -2.05. The Bertz CT molecular complexity index is 684. The van der Waals surface area contributed by atoms with E-state index in [9.17, 15) is 42.2 Å². The molecular formula is C13H13F8NO3S. The molecule has 0 heterocycles. The highest BCUT2D eigenvalue weighted by molar-refractivity contribution is 8.45. The number of alkyl halides is 3. The van der Waals surface area contributed by atoms with Crippen LogP contribution in [0.3, 0.4) is 0 Å². The van der Waals surface area contributed by atoms with Crippen LogP contribution < -0.4 is 0 Å². The van der Waals surface area contributed by atoms with E-state index in [1.165, 1.54) is 6.92 Å². The molecule has 0 saturated carbocycles. The molecular weight excluding hydrogens is 402 g/mol. The maximum absolute atomic E-state index is 12.6. The zero-order valence-corrected chi connectivity index (χ0v) is 13.9. The number of esters is 1. The number of benzene rings is 1. The molecule has 0 N–H and O–H groups in total. The second-order valence-electron chi connectivity index (χ2n) is 5.12. The van der Waals surface area contributed by atoms with Crippen molar-refractivity contribution in [2.24, 2.45) is 0 Å². The summed E-state index contributed by atoms with van der Waals surface area (Å²) in [6.45, 7) is -1.31. The number of hydrogen-bond acceptors (Lipinski definition) is 3. The Balaban J connectivity index is 2.86. The first-order chi connectivity index (χ1) is 11.4. The van der Waals surface area contributed by atoms with Gasteiger partial charge in [-0.05, 0) is 24.6 Å². The topological polar surface area (TPSA) is 46.6 Å². The number of carbonyl (C=O) groups is 2. The van der Waals surface area contributed by atoms with Crippen molar-refractivity contribution in [1.82, 2.24) is 4.90 Å². The normalized spacial score (nSPS) is 15.0. The Morgan fingerprint density at radius 3 is 1.92 bits per heavy atom. The van der Waals surface area contributed by atoms with Crippen molar-refractivity contribution in [3.63, 3.8) is 0 Å². The summed E-state index contributed by atoms with van der Waals surface area (Å²) in [6, 6.07) is 1.59. The molecule has 1 rings (SSSR count). The lowest BCUT2D eigenvalue weighted by molar-refractivity contribution is -0.189. The number of hydrogen-bond donors (Lipinski definition) is 0. The van der Waals surface area contributed by atoms with Crippen molar-refractivity contribution in [3.8, 4) is 0 Å². The molecule has 0 aromatic heterocycles. The van der Waals surface area contributed by atoms with Crippen molar-refractivity contribution >= 4 is 22.1 Å². The molecule has 0 radical (unpaired) electrons. The third-order valence-corrected chi connectivity index (χ3v) is 4.12. The fourth-order valence-electron chi connectivity index (χ4n) is 1.74. The molecule has 0 bridgehead atoms. The molecule has 0 aliphatic rings. The monoisotopic (exact) mass is 415 g/mol. The predicted molar refractivity (Wildman–Crippen MR) is 75.9 cm³/mol. The van der Waals surface area contributed by atoms with Crippen LogP contribution in [0.15, 0.2) is 29.2 Å².